The Morgan fingerprint density at radius 2 is 1.73 bits per heavy atom. The minimum Gasteiger partial charge on any atom is -0.517 e. The van der Waals surface area contributed by atoms with Crippen molar-refractivity contribution < 1.29 is 9.22 Å². The molecule has 0 aliphatic rings. The van der Waals surface area contributed by atoms with Crippen LogP contribution in [-0.4, -0.2) is 15.0 Å². The van der Waals surface area contributed by atoms with Gasteiger partial charge >= 0.3 is 0 Å². The summed E-state index contributed by atoms with van der Waals surface area (Å²) in [6.45, 7) is 7.86. The van der Waals surface area contributed by atoms with E-state index in [1.54, 1.807) is 0 Å². The summed E-state index contributed by atoms with van der Waals surface area (Å²) < 4.78 is 5.50. The first-order valence-corrected chi connectivity index (χ1v) is 6.76. The van der Waals surface area contributed by atoms with E-state index in [1.165, 1.54) is 12.1 Å². The molecule has 1 aromatic carbocycles. The van der Waals surface area contributed by atoms with Gasteiger partial charge in [-0.05, 0) is 10.2 Å². The van der Waals surface area contributed by atoms with Crippen LogP contribution in [0.15, 0.2) is 30.3 Å². The summed E-state index contributed by atoms with van der Waals surface area (Å²) in [4.78, 5) is 11.1. The van der Waals surface area contributed by atoms with Crippen LogP contribution in [0.1, 0.15) is 27.7 Å². The topological polar surface area (TPSA) is 26.3 Å². The summed E-state index contributed by atoms with van der Waals surface area (Å²) in [5.41, 5.74) is 0. The van der Waals surface area contributed by atoms with Crippen LogP contribution in [0.5, 0.6) is 0 Å². The monoisotopic (exact) mass is 222 g/mol. The minimum absolute atomic E-state index is 0.0486. The molecule has 1 rings (SSSR count). The molecule has 1 unspecified atom stereocenters. The van der Waals surface area contributed by atoms with Gasteiger partial charge in [0.1, 0.15) is 0 Å². The van der Waals surface area contributed by atoms with E-state index in [4.69, 9.17) is 4.43 Å². The molecule has 3 heteroatoms. The molecule has 15 heavy (non-hydrogen) atoms. The molecule has 0 saturated carbocycles. The average molecular weight is 222 g/mol. The van der Waals surface area contributed by atoms with Crippen LogP contribution in [0.25, 0.3) is 0 Å². The van der Waals surface area contributed by atoms with E-state index >= 15 is 0 Å². The van der Waals surface area contributed by atoms with Crippen LogP contribution < -0.4 is 5.19 Å². The molecule has 0 saturated heterocycles. The molecular weight excluding hydrogens is 204 g/mol. The van der Waals surface area contributed by atoms with Crippen molar-refractivity contribution >= 4 is 20.2 Å². The first kappa shape index (κ1) is 12.0. The fourth-order valence-corrected chi connectivity index (χ4v) is 3.93. The molecule has 1 atom stereocenters. The Balaban J connectivity index is 2.97. The Morgan fingerprint density at radius 3 is 2.13 bits per heavy atom. The summed E-state index contributed by atoms with van der Waals surface area (Å²) >= 11 is 0. The lowest BCUT2D eigenvalue weighted by molar-refractivity contribution is -0.132. The largest absolute Gasteiger partial charge is 0.517 e. The Hall–Kier alpha value is -1.09. The lowest BCUT2D eigenvalue weighted by Crippen LogP contribution is -2.42. The number of hydrogen-bond acceptors (Lipinski definition) is 2. The number of rotatable bonds is 2. The summed E-state index contributed by atoms with van der Waals surface area (Å²) in [5.74, 6) is -0.176. The van der Waals surface area contributed by atoms with Gasteiger partial charge in [-0.25, -0.2) is 0 Å². The quantitative estimate of drug-likeness (QED) is 0.715. The fourth-order valence-electron chi connectivity index (χ4n) is 1.54. The minimum atomic E-state index is -1.69. The third-order valence-corrected chi connectivity index (χ3v) is 5.30. The first-order chi connectivity index (χ1) is 6.91. The van der Waals surface area contributed by atoms with E-state index in [9.17, 15) is 4.79 Å². The number of carbonyl (C=O) groups is 1. The van der Waals surface area contributed by atoms with E-state index in [-0.39, 0.29) is 11.0 Å². The highest BCUT2D eigenvalue weighted by molar-refractivity contribution is 6.71. The smallest absolute Gasteiger partial charge is 0.289 e. The van der Waals surface area contributed by atoms with Crippen LogP contribution in [0.2, 0.25) is 5.04 Å². The Labute approximate surface area is 93.0 Å². The van der Waals surface area contributed by atoms with Crippen molar-refractivity contribution in [3.05, 3.63) is 30.3 Å². The van der Waals surface area contributed by atoms with Gasteiger partial charge in [0, 0.05) is 6.92 Å². The molecule has 0 aliphatic heterocycles. The molecule has 0 N–H and O–H groups in total. The zero-order valence-electron chi connectivity index (χ0n) is 9.78. The molecule has 0 fully saturated rings. The SMILES string of the molecule is CC(=O)O[SiH](c1ccccc1)C(C)(C)C. The molecule has 0 bridgehead atoms. The van der Waals surface area contributed by atoms with Crippen molar-refractivity contribution in [3.8, 4) is 0 Å². The Kier molecular flexibility index (Phi) is 3.69. The van der Waals surface area contributed by atoms with Crippen molar-refractivity contribution in [2.75, 3.05) is 0 Å². The predicted octanol–water partition coefficient (Wildman–Crippen LogP) is 1.98. The molecule has 2 nitrogen and oxygen atoms in total. The van der Waals surface area contributed by atoms with E-state index in [2.05, 4.69) is 20.8 Å². The summed E-state index contributed by atoms with van der Waals surface area (Å²) in [6, 6.07) is 10.1. The first-order valence-electron chi connectivity index (χ1n) is 5.13. The van der Waals surface area contributed by atoms with Crippen molar-refractivity contribution in [1.82, 2.24) is 0 Å². The summed E-state index contributed by atoms with van der Waals surface area (Å²) in [6.07, 6.45) is 0. The number of benzene rings is 1. The Morgan fingerprint density at radius 1 is 1.20 bits per heavy atom. The van der Waals surface area contributed by atoms with Gasteiger partial charge in [0.2, 0.25) is 0 Å². The van der Waals surface area contributed by atoms with Crippen molar-refractivity contribution in [1.29, 1.82) is 0 Å². The van der Waals surface area contributed by atoms with E-state index in [1.807, 2.05) is 30.3 Å². The summed E-state index contributed by atoms with van der Waals surface area (Å²) in [7, 11) is -1.69. The van der Waals surface area contributed by atoms with Gasteiger partial charge in [0.15, 0.2) is 0 Å². The third kappa shape index (κ3) is 3.51. The van der Waals surface area contributed by atoms with Gasteiger partial charge < -0.3 is 4.43 Å². The van der Waals surface area contributed by atoms with Crippen LogP contribution >= 0.6 is 0 Å². The fraction of sp³-hybridized carbons (Fsp3) is 0.417. The maximum Gasteiger partial charge on any atom is 0.289 e. The van der Waals surface area contributed by atoms with Gasteiger partial charge in [0.05, 0.1) is 0 Å². The van der Waals surface area contributed by atoms with Gasteiger partial charge in [-0.15, -0.1) is 0 Å². The molecule has 0 heterocycles. The standard InChI is InChI=1S/C12H18O2Si/c1-10(13)14-15(12(2,3)4)11-8-6-5-7-9-11/h5-9,15H,1-4H3. The highest BCUT2D eigenvalue weighted by atomic mass is 28.3. The van der Waals surface area contributed by atoms with Gasteiger partial charge in [0.25, 0.3) is 15.0 Å². The molecule has 1 aromatic rings. The highest BCUT2D eigenvalue weighted by Crippen LogP contribution is 2.27. The predicted molar refractivity (Wildman–Crippen MR) is 64.7 cm³/mol. The lowest BCUT2D eigenvalue weighted by atomic mass is 10.2. The summed E-state index contributed by atoms with van der Waals surface area (Å²) in [5, 5.41) is 1.23. The van der Waals surface area contributed by atoms with Crippen LogP contribution in [0.3, 0.4) is 0 Å². The highest BCUT2D eigenvalue weighted by Gasteiger charge is 2.31. The molecular formula is C12H18O2Si. The number of hydrogen-bond donors (Lipinski definition) is 0. The molecule has 0 aliphatic carbocycles. The van der Waals surface area contributed by atoms with E-state index < -0.39 is 9.04 Å². The molecule has 0 amide bonds. The zero-order valence-corrected chi connectivity index (χ0v) is 10.9. The molecule has 0 radical (unpaired) electrons. The van der Waals surface area contributed by atoms with E-state index in [0.717, 1.165) is 0 Å². The second-order valence-electron chi connectivity index (χ2n) is 4.77. The second-order valence-corrected chi connectivity index (χ2v) is 8.16. The maximum absolute atomic E-state index is 11.1. The maximum atomic E-state index is 11.1. The van der Waals surface area contributed by atoms with Crippen LogP contribution in [0, 0.1) is 0 Å². The van der Waals surface area contributed by atoms with E-state index in [0.29, 0.717) is 0 Å². The second kappa shape index (κ2) is 4.62. The average Bonchev–Trinajstić information content (AvgIpc) is 2.14. The van der Waals surface area contributed by atoms with Crippen molar-refractivity contribution in [2.24, 2.45) is 0 Å². The number of carbonyl (C=O) groups excluding carboxylic acids is 1. The lowest BCUT2D eigenvalue weighted by Gasteiger charge is -2.28. The normalized spacial score (nSPS) is 13.3. The van der Waals surface area contributed by atoms with Crippen LogP contribution in [0.4, 0.5) is 0 Å². The third-order valence-electron chi connectivity index (χ3n) is 2.17. The van der Waals surface area contributed by atoms with Gasteiger partial charge in [-0.2, -0.15) is 0 Å². The Bertz CT molecular complexity index is 327. The zero-order chi connectivity index (χ0) is 11.5. The molecule has 82 valence electrons. The van der Waals surface area contributed by atoms with Crippen molar-refractivity contribution in [2.45, 2.75) is 32.7 Å². The molecule has 0 spiro atoms. The van der Waals surface area contributed by atoms with Gasteiger partial charge in [-0.1, -0.05) is 51.1 Å². The molecule has 0 aromatic heterocycles. The van der Waals surface area contributed by atoms with Crippen molar-refractivity contribution in [3.63, 3.8) is 0 Å². The van der Waals surface area contributed by atoms with Crippen LogP contribution in [-0.2, 0) is 9.22 Å². The van der Waals surface area contributed by atoms with Gasteiger partial charge in [-0.3, -0.25) is 4.79 Å².